The number of rotatable bonds is 5. The largest absolute Gasteiger partial charge is 0.0942 e. The second-order valence-corrected chi connectivity index (χ2v) is 2.64. The number of unbranched alkanes of at least 4 members (excludes halogenated alkanes) is 3. The molecule has 0 aliphatic rings. The van der Waals surface area contributed by atoms with E-state index in [1.165, 1.54) is 25.7 Å². The third-order valence-electron chi connectivity index (χ3n) is 1.04. The zero-order valence-corrected chi connectivity index (χ0v) is 6.69. The molecule has 0 aliphatic heterocycles. The summed E-state index contributed by atoms with van der Waals surface area (Å²) in [6.45, 7) is 0. The Labute approximate surface area is 62.9 Å². The lowest BCUT2D eigenvalue weighted by Gasteiger charge is -1.92. The molecule has 0 N–H and O–H groups in total. The smallest absolute Gasteiger partial charge is 0.00369 e. The van der Waals surface area contributed by atoms with Crippen LogP contribution in [0.4, 0.5) is 0 Å². The van der Waals surface area contributed by atoms with Crippen LogP contribution in [0.2, 0.25) is 0 Å². The summed E-state index contributed by atoms with van der Waals surface area (Å²) in [7, 11) is 0. The molecule has 0 fully saturated rings. The van der Waals surface area contributed by atoms with E-state index in [9.17, 15) is 0 Å². The van der Waals surface area contributed by atoms with Crippen LogP contribution in [0.25, 0.3) is 0 Å². The monoisotopic (exact) mass is 148 g/mol. The maximum absolute atomic E-state index is 4.78. The van der Waals surface area contributed by atoms with Crippen molar-refractivity contribution in [2.75, 3.05) is 11.5 Å². The van der Waals surface area contributed by atoms with Gasteiger partial charge in [-0.1, -0.05) is 38.1 Å². The van der Waals surface area contributed by atoms with Gasteiger partial charge in [0.2, 0.25) is 0 Å². The molecule has 0 spiro atoms. The number of hydrogen-bond donors (Lipinski definition) is 0. The molecule has 0 aliphatic carbocycles. The van der Waals surface area contributed by atoms with E-state index in [0.717, 1.165) is 11.5 Å². The van der Waals surface area contributed by atoms with Crippen LogP contribution in [-0.2, 0) is 0 Å². The molecule has 0 nitrogen and oxygen atoms in total. The third-order valence-corrected chi connectivity index (χ3v) is 1.62. The molecule has 8 heavy (non-hydrogen) atoms. The van der Waals surface area contributed by atoms with E-state index in [-0.39, 0.29) is 0 Å². The average Bonchev–Trinajstić information content (AvgIpc) is 1.81. The van der Waals surface area contributed by atoms with E-state index < -0.39 is 0 Å². The molecule has 48 valence electrons. The highest BCUT2D eigenvalue weighted by Gasteiger charge is 1.84. The molecule has 0 unspecified atom stereocenters. The minimum Gasteiger partial charge on any atom is -0.0942 e. The highest BCUT2D eigenvalue weighted by atomic mass is 32.1. The maximum Gasteiger partial charge on any atom is 0.00369 e. The predicted octanol–water partition coefficient (Wildman–Crippen LogP) is 2.94. The summed E-state index contributed by atoms with van der Waals surface area (Å²) in [5.41, 5.74) is 0. The summed E-state index contributed by atoms with van der Waals surface area (Å²) in [5, 5.41) is 0. The minimum absolute atomic E-state index is 0.914. The van der Waals surface area contributed by atoms with Crippen LogP contribution in [0.1, 0.15) is 25.7 Å². The van der Waals surface area contributed by atoms with Gasteiger partial charge in [-0.15, -0.1) is 0 Å². The van der Waals surface area contributed by atoms with Gasteiger partial charge in [-0.2, -0.15) is 0 Å². The molecule has 0 amide bonds. The maximum atomic E-state index is 4.78. The van der Waals surface area contributed by atoms with Crippen molar-refractivity contribution in [1.82, 2.24) is 0 Å². The Morgan fingerprint density at radius 3 is 1.25 bits per heavy atom. The van der Waals surface area contributed by atoms with Gasteiger partial charge >= 0.3 is 0 Å². The Balaban J connectivity index is 2.53. The molecule has 0 bridgehead atoms. The third kappa shape index (κ3) is 6.70. The fourth-order valence-electron chi connectivity index (χ4n) is 0.558. The summed E-state index contributed by atoms with van der Waals surface area (Å²) in [5.74, 6) is 1.83. The second-order valence-electron chi connectivity index (χ2n) is 1.82. The topological polar surface area (TPSA) is 0 Å². The van der Waals surface area contributed by atoms with E-state index in [0.29, 0.717) is 0 Å². The Bertz CT molecular complexity index is 31.5. The van der Waals surface area contributed by atoms with Crippen LogP contribution in [0.5, 0.6) is 0 Å². The lowest BCUT2D eigenvalue weighted by molar-refractivity contribution is 0.713. The quantitative estimate of drug-likeness (QED) is 0.526. The molecule has 0 atom stereocenters. The number of hydrogen-bond acceptors (Lipinski definition) is 0. The van der Waals surface area contributed by atoms with Crippen molar-refractivity contribution >= 4 is 25.3 Å². The van der Waals surface area contributed by atoms with Crippen LogP contribution in [-0.4, -0.2) is 11.5 Å². The molecule has 0 aromatic rings. The summed E-state index contributed by atoms with van der Waals surface area (Å²) < 4.78 is 0. The standard InChI is InChI=1S/C6H12S2/c7-5-3-1-2-4-6-8/h1-6H2. The van der Waals surface area contributed by atoms with Crippen LogP contribution in [0, 0.1) is 0 Å². The van der Waals surface area contributed by atoms with Crippen LogP contribution >= 0.6 is 25.3 Å². The van der Waals surface area contributed by atoms with E-state index in [1.54, 1.807) is 0 Å². The van der Waals surface area contributed by atoms with Crippen molar-refractivity contribution in [2.45, 2.75) is 25.7 Å². The SMILES string of the molecule is [S]CCCCCC[S]. The van der Waals surface area contributed by atoms with Crippen LogP contribution in [0.15, 0.2) is 0 Å². The lowest BCUT2D eigenvalue weighted by atomic mass is 10.2. The van der Waals surface area contributed by atoms with E-state index in [2.05, 4.69) is 0 Å². The molecule has 0 saturated carbocycles. The first kappa shape index (κ1) is 8.70. The normalized spacial score (nSPS) is 9.75. The van der Waals surface area contributed by atoms with Crippen molar-refractivity contribution in [1.29, 1.82) is 0 Å². The highest BCUT2D eigenvalue weighted by Crippen LogP contribution is 2.00. The molecule has 0 aromatic heterocycles. The van der Waals surface area contributed by atoms with Gasteiger partial charge < -0.3 is 0 Å². The van der Waals surface area contributed by atoms with Gasteiger partial charge in [0.15, 0.2) is 0 Å². The molecule has 0 saturated heterocycles. The summed E-state index contributed by atoms with van der Waals surface area (Å²) in [6, 6.07) is 0. The molecular formula is C6H12S2. The van der Waals surface area contributed by atoms with E-state index in [4.69, 9.17) is 25.3 Å². The molecule has 0 aromatic carbocycles. The summed E-state index contributed by atoms with van der Waals surface area (Å²) in [6.07, 6.45) is 4.95. The molecule has 2 radical (unpaired) electrons. The van der Waals surface area contributed by atoms with E-state index in [1.807, 2.05) is 0 Å². The van der Waals surface area contributed by atoms with Crippen molar-refractivity contribution in [3.05, 3.63) is 0 Å². The summed E-state index contributed by atoms with van der Waals surface area (Å²) in [4.78, 5) is 0. The molecular weight excluding hydrogens is 136 g/mol. The van der Waals surface area contributed by atoms with E-state index >= 15 is 0 Å². The predicted molar refractivity (Wildman–Crippen MR) is 43.4 cm³/mol. The lowest BCUT2D eigenvalue weighted by Crippen LogP contribution is -1.78. The van der Waals surface area contributed by atoms with Crippen molar-refractivity contribution in [2.24, 2.45) is 0 Å². The zero-order valence-electron chi connectivity index (χ0n) is 5.06. The van der Waals surface area contributed by atoms with Crippen LogP contribution in [0.3, 0.4) is 0 Å². The van der Waals surface area contributed by atoms with Gasteiger partial charge in [-0.05, 0) is 12.8 Å². The van der Waals surface area contributed by atoms with Gasteiger partial charge in [0, 0.05) is 11.5 Å². The Kier molecular flexibility index (Phi) is 8.37. The van der Waals surface area contributed by atoms with Gasteiger partial charge in [0.05, 0.1) is 0 Å². The van der Waals surface area contributed by atoms with Crippen molar-refractivity contribution in [3.63, 3.8) is 0 Å². The first-order chi connectivity index (χ1) is 3.91. The fourth-order valence-corrected chi connectivity index (χ4v) is 0.966. The Morgan fingerprint density at radius 1 is 0.625 bits per heavy atom. The minimum atomic E-state index is 0.914. The molecule has 2 heteroatoms. The first-order valence-electron chi connectivity index (χ1n) is 3.08. The van der Waals surface area contributed by atoms with Crippen LogP contribution < -0.4 is 0 Å². The van der Waals surface area contributed by atoms with Gasteiger partial charge in [-0.25, -0.2) is 0 Å². The Hall–Kier alpha value is 0.700. The van der Waals surface area contributed by atoms with Gasteiger partial charge in [0.1, 0.15) is 0 Å². The van der Waals surface area contributed by atoms with Gasteiger partial charge in [0.25, 0.3) is 0 Å². The summed E-state index contributed by atoms with van der Waals surface area (Å²) >= 11 is 9.55. The van der Waals surface area contributed by atoms with Crippen molar-refractivity contribution in [3.8, 4) is 0 Å². The highest BCUT2D eigenvalue weighted by molar-refractivity contribution is 7.80. The average molecular weight is 148 g/mol. The fraction of sp³-hybridized carbons (Fsp3) is 1.00. The van der Waals surface area contributed by atoms with Crippen molar-refractivity contribution < 1.29 is 0 Å². The van der Waals surface area contributed by atoms with Gasteiger partial charge in [-0.3, -0.25) is 0 Å². The Morgan fingerprint density at radius 2 is 1.00 bits per heavy atom. The second kappa shape index (κ2) is 7.70. The molecule has 0 rings (SSSR count). The zero-order chi connectivity index (χ0) is 6.24. The molecule has 0 heterocycles. The first-order valence-corrected chi connectivity index (χ1v) is 4.23.